The van der Waals surface area contributed by atoms with E-state index in [-0.39, 0.29) is 17.6 Å². The number of piperazine rings is 1. The van der Waals surface area contributed by atoms with Gasteiger partial charge in [0.1, 0.15) is 0 Å². The third kappa shape index (κ3) is 4.76. The number of nitrogens with zero attached hydrogens (tertiary/aromatic N) is 6. The van der Waals surface area contributed by atoms with E-state index >= 15 is 0 Å². The fourth-order valence-electron chi connectivity index (χ4n) is 4.06. The minimum absolute atomic E-state index is 0.0954. The summed E-state index contributed by atoms with van der Waals surface area (Å²) in [5.41, 5.74) is 2.95. The molecule has 2 aromatic carbocycles. The first-order valence-electron chi connectivity index (χ1n) is 11.1. The molecular formula is C24H28N6O4. The summed E-state index contributed by atoms with van der Waals surface area (Å²) in [7, 11) is 3.62. The van der Waals surface area contributed by atoms with Gasteiger partial charge in [-0.3, -0.25) is 19.8 Å². The fraction of sp³-hybridized carbons (Fsp3) is 0.375. The second kappa shape index (κ2) is 9.60. The first-order valence-corrected chi connectivity index (χ1v) is 11.1. The lowest BCUT2D eigenvalue weighted by Crippen LogP contribution is -2.49. The van der Waals surface area contributed by atoms with Crippen molar-refractivity contribution in [3.8, 4) is 11.4 Å². The molecule has 3 aromatic rings. The Bertz CT molecular complexity index is 1180. The zero-order valence-electron chi connectivity index (χ0n) is 19.8. The van der Waals surface area contributed by atoms with E-state index in [0.29, 0.717) is 49.1 Å². The lowest BCUT2D eigenvalue weighted by molar-refractivity contribution is -0.384. The third-order valence-corrected chi connectivity index (χ3v) is 6.16. The van der Waals surface area contributed by atoms with Crippen LogP contribution in [0.25, 0.3) is 11.4 Å². The molecule has 0 spiro atoms. The zero-order chi connectivity index (χ0) is 24.4. The molecule has 34 heavy (non-hydrogen) atoms. The van der Waals surface area contributed by atoms with Crippen LogP contribution in [0.2, 0.25) is 0 Å². The SMILES string of the molecule is Cc1ccc(-c2noc(C(C)N3CCN(C(=O)c4cc([N+](=O)[O-])ccc4N(C)C)CC3)n2)cc1. The van der Waals surface area contributed by atoms with Gasteiger partial charge in [0.15, 0.2) is 0 Å². The third-order valence-electron chi connectivity index (χ3n) is 6.16. The summed E-state index contributed by atoms with van der Waals surface area (Å²) in [6.07, 6.45) is 0. The summed E-state index contributed by atoms with van der Waals surface area (Å²) in [5.74, 6) is 0.876. The van der Waals surface area contributed by atoms with Gasteiger partial charge < -0.3 is 14.3 Å². The second-order valence-electron chi connectivity index (χ2n) is 8.68. The molecule has 1 amide bonds. The normalized spacial score (nSPS) is 15.2. The summed E-state index contributed by atoms with van der Waals surface area (Å²) < 4.78 is 5.53. The molecule has 0 N–H and O–H groups in total. The van der Waals surface area contributed by atoms with Crippen LogP contribution in [0.1, 0.15) is 34.8 Å². The number of rotatable bonds is 6. The Balaban J connectivity index is 1.43. The Morgan fingerprint density at radius 2 is 1.79 bits per heavy atom. The molecule has 1 aliphatic heterocycles. The minimum Gasteiger partial charge on any atom is -0.377 e. The van der Waals surface area contributed by atoms with Gasteiger partial charge in [-0.15, -0.1) is 0 Å². The van der Waals surface area contributed by atoms with Crippen LogP contribution in [0.4, 0.5) is 11.4 Å². The maximum atomic E-state index is 13.2. The van der Waals surface area contributed by atoms with Gasteiger partial charge in [0.05, 0.1) is 16.5 Å². The van der Waals surface area contributed by atoms with Crippen LogP contribution in [-0.2, 0) is 0 Å². The molecule has 0 aliphatic carbocycles. The van der Waals surface area contributed by atoms with Crippen molar-refractivity contribution >= 4 is 17.3 Å². The van der Waals surface area contributed by atoms with Crippen molar-refractivity contribution in [1.82, 2.24) is 19.9 Å². The van der Waals surface area contributed by atoms with Crippen molar-refractivity contribution in [2.75, 3.05) is 45.2 Å². The molecular weight excluding hydrogens is 436 g/mol. The van der Waals surface area contributed by atoms with Gasteiger partial charge in [0.25, 0.3) is 11.6 Å². The van der Waals surface area contributed by atoms with Crippen LogP contribution >= 0.6 is 0 Å². The number of carbonyl (C=O) groups is 1. The Morgan fingerprint density at radius 3 is 2.41 bits per heavy atom. The molecule has 1 saturated heterocycles. The van der Waals surface area contributed by atoms with Gasteiger partial charge >= 0.3 is 0 Å². The van der Waals surface area contributed by atoms with E-state index < -0.39 is 4.92 Å². The van der Waals surface area contributed by atoms with Crippen LogP contribution in [-0.4, -0.2) is 71.0 Å². The lowest BCUT2D eigenvalue weighted by atomic mass is 10.1. The first kappa shape index (κ1) is 23.4. The highest BCUT2D eigenvalue weighted by molar-refractivity contribution is 6.00. The van der Waals surface area contributed by atoms with E-state index in [0.717, 1.165) is 11.1 Å². The van der Waals surface area contributed by atoms with E-state index in [1.165, 1.54) is 12.1 Å². The molecule has 0 bridgehead atoms. The highest BCUT2D eigenvalue weighted by Gasteiger charge is 2.30. The van der Waals surface area contributed by atoms with Gasteiger partial charge in [-0.05, 0) is 19.9 Å². The predicted molar refractivity (Wildman–Crippen MR) is 128 cm³/mol. The molecule has 10 nitrogen and oxygen atoms in total. The molecule has 178 valence electrons. The van der Waals surface area contributed by atoms with Gasteiger partial charge in [0.2, 0.25) is 11.7 Å². The van der Waals surface area contributed by atoms with Crippen molar-refractivity contribution in [3.05, 3.63) is 69.6 Å². The predicted octanol–water partition coefficient (Wildman–Crippen LogP) is 3.54. The van der Waals surface area contributed by atoms with Gasteiger partial charge in [-0.1, -0.05) is 35.0 Å². The van der Waals surface area contributed by atoms with E-state index in [1.807, 2.05) is 52.2 Å². The smallest absolute Gasteiger partial charge is 0.270 e. The summed E-state index contributed by atoms with van der Waals surface area (Å²) in [5, 5.41) is 15.4. The highest BCUT2D eigenvalue weighted by atomic mass is 16.6. The van der Waals surface area contributed by atoms with E-state index in [9.17, 15) is 14.9 Å². The highest BCUT2D eigenvalue weighted by Crippen LogP contribution is 2.28. The van der Waals surface area contributed by atoms with Crippen LogP contribution in [0.5, 0.6) is 0 Å². The van der Waals surface area contributed by atoms with Crippen molar-refractivity contribution in [1.29, 1.82) is 0 Å². The topological polar surface area (TPSA) is 109 Å². The number of carbonyl (C=O) groups excluding carboxylic acids is 1. The van der Waals surface area contributed by atoms with Gasteiger partial charge in [-0.2, -0.15) is 4.98 Å². The monoisotopic (exact) mass is 464 g/mol. The summed E-state index contributed by atoms with van der Waals surface area (Å²) >= 11 is 0. The van der Waals surface area contributed by atoms with Gasteiger partial charge in [-0.25, -0.2) is 0 Å². The standard InChI is InChI=1S/C24H28N6O4/c1-16-5-7-18(8-6-16)22-25-23(34-26-22)17(2)28-11-13-29(14-12-28)24(31)20-15-19(30(32)33)9-10-21(20)27(3)4/h5-10,15,17H,11-14H2,1-4H3. The van der Waals surface area contributed by atoms with Crippen molar-refractivity contribution in [2.45, 2.75) is 19.9 Å². The van der Waals surface area contributed by atoms with E-state index in [4.69, 9.17) is 4.52 Å². The first-order chi connectivity index (χ1) is 16.2. The number of nitro benzene ring substituents is 1. The Morgan fingerprint density at radius 1 is 1.12 bits per heavy atom. The zero-order valence-corrected chi connectivity index (χ0v) is 19.8. The molecule has 1 aromatic heterocycles. The largest absolute Gasteiger partial charge is 0.377 e. The molecule has 4 rings (SSSR count). The summed E-state index contributed by atoms with van der Waals surface area (Å²) in [6.45, 7) is 6.28. The average Bonchev–Trinajstić information content (AvgIpc) is 3.33. The van der Waals surface area contributed by atoms with Crippen LogP contribution in [0, 0.1) is 17.0 Å². The second-order valence-corrected chi connectivity index (χ2v) is 8.68. The molecule has 1 aliphatic rings. The van der Waals surface area contributed by atoms with Crippen molar-refractivity contribution < 1.29 is 14.2 Å². The number of aromatic nitrogens is 2. The maximum absolute atomic E-state index is 13.2. The molecule has 1 unspecified atom stereocenters. The molecule has 10 heteroatoms. The quantitative estimate of drug-likeness (QED) is 0.403. The number of amides is 1. The summed E-state index contributed by atoms with van der Waals surface area (Å²) in [6, 6.07) is 12.2. The fourth-order valence-corrected chi connectivity index (χ4v) is 4.06. The van der Waals surface area contributed by atoms with Crippen LogP contribution < -0.4 is 4.90 Å². The lowest BCUT2D eigenvalue weighted by Gasteiger charge is -2.37. The van der Waals surface area contributed by atoms with Crippen molar-refractivity contribution in [2.24, 2.45) is 0 Å². The Labute approximate surface area is 197 Å². The number of benzene rings is 2. The molecule has 0 radical (unpaired) electrons. The molecule has 1 atom stereocenters. The summed E-state index contributed by atoms with van der Waals surface area (Å²) in [4.78, 5) is 34.3. The van der Waals surface area contributed by atoms with Crippen molar-refractivity contribution in [3.63, 3.8) is 0 Å². The number of non-ortho nitro benzene ring substituents is 1. The number of anilines is 1. The van der Waals surface area contributed by atoms with Crippen LogP contribution in [0.3, 0.4) is 0 Å². The minimum atomic E-state index is -0.481. The number of hydrogen-bond acceptors (Lipinski definition) is 8. The Hall–Kier alpha value is -3.79. The molecule has 2 heterocycles. The van der Waals surface area contributed by atoms with Crippen LogP contribution in [0.15, 0.2) is 47.0 Å². The number of hydrogen-bond donors (Lipinski definition) is 0. The Kier molecular flexibility index (Phi) is 6.60. The molecule has 0 saturated carbocycles. The maximum Gasteiger partial charge on any atom is 0.270 e. The molecule has 1 fully saturated rings. The van der Waals surface area contributed by atoms with E-state index in [2.05, 4.69) is 15.0 Å². The van der Waals surface area contributed by atoms with E-state index in [1.54, 1.807) is 15.9 Å². The van der Waals surface area contributed by atoms with Gasteiger partial charge in [0, 0.05) is 63.7 Å². The average molecular weight is 465 g/mol. The number of nitro groups is 1. The number of aryl methyl sites for hydroxylation is 1.